The molecule has 2 aromatic rings. The van der Waals surface area contributed by atoms with Crippen LogP contribution in [-0.4, -0.2) is 47.6 Å². The molecule has 0 bridgehead atoms. The van der Waals surface area contributed by atoms with Crippen molar-refractivity contribution in [3.05, 3.63) is 23.8 Å². The maximum atomic E-state index is 13.8. The Balaban J connectivity index is 1.69. The van der Waals surface area contributed by atoms with Crippen LogP contribution in [0.4, 0.5) is 18.7 Å². The minimum absolute atomic E-state index is 0.0837. The summed E-state index contributed by atoms with van der Waals surface area (Å²) in [5, 5.41) is 3.60. The van der Waals surface area contributed by atoms with Crippen LogP contribution in [0.2, 0.25) is 0 Å². The highest BCUT2D eigenvalue weighted by Gasteiger charge is 2.25. The van der Waals surface area contributed by atoms with E-state index in [1.54, 1.807) is 4.90 Å². The summed E-state index contributed by atoms with van der Waals surface area (Å²) in [5.74, 6) is -1.24. The van der Waals surface area contributed by atoms with Crippen molar-refractivity contribution in [1.29, 1.82) is 0 Å². The molecule has 1 saturated heterocycles. The molecule has 0 atom stereocenters. The Kier molecular flexibility index (Phi) is 4.33. The van der Waals surface area contributed by atoms with E-state index in [1.165, 1.54) is 17.4 Å². The molecule has 0 saturated carbocycles. The van der Waals surface area contributed by atoms with Crippen molar-refractivity contribution in [2.75, 3.05) is 31.1 Å². The van der Waals surface area contributed by atoms with Gasteiger partial charge < -0.3 is 15.1 Å². The number of nitrogens with zero attached hydrogens (tertiary/aromatic N) is 3. The number of hydrogen-bond donors (Lipinski definition) is 1. The maximum absolute atomic E-state index is 13.8. The third-order valence-corrected chi connectivity index (χ3v) is 4.78. The first-order chi connectivity index (χ1) is 11.2. The minimum Gasteiger partial charge on any atom is -0.345 e. The number of benzene rings is 1. The van der Waals surface area contributed by atoms with E-state index in [-0.39, 0.29) is 17.1 Å². The lowest BCUT2D eigenvalue weighted by Gasteiger charge is -2.36. The van der Waals surface area contributed by atoms with E-state index in [2.05, 4.69) is 10.3 Å². The van der Waals surface area contributed by atoms with E-state index in [4.69, 9.17) is 0 Å². The quantitative estimate of drug-likeness (QED) is 0.856. The molecule has 0 spiro atoms. The predicted octanol–water partition coefficient (Wildman–Crippen LogP) is 3.20. The zero-order valence-electron chi connectivity index (χ0n) is 13.9. The van der Waals surface area contributed by atoms with E-state index in [0.717, 1.165) is 6.07 Å². The summed E-state index contributed by atoms with van der Waals surface area (Å²) >= 11 is 1.27. The van der Waals surface area contributed by atoms with E-state index in [9.17, 15) is 13.6 Å². The fraction of sp³-hybridized carbons (Fsp3) is 0.500. The van der Waals surface area contributed by atoms with Crippen LogP contribution in [0.15, 0.2) is 12.1 Å². The largest absolute Gasteiger partial charge is 0.345 e. The van der Waals surface area contributed by atoms with Gasteiger partial charge in [0.1, 0.15) is 11.3 Å². The molecular formula is C16H20F2N4OS. The van der Waals surface area contributed by atoms with E-state index in [0.29, 0.717) is 36.0 Å². The van der Waals surface area contributed by atoms with Gasteiger partial charge >= 0.3 is 6.03 Å². The highest BCUT2D eigenvalue weighted by molar-refractivity contribution is 7.22. The number of urea groups is 1. The van der Waals surface area contributed by atoms with Gasteiger partial charge in [0.15, 0.2) is 10.9 Å². The van der Waals surface area contributed by atoms with Gasteiger partial charge in [-0.3, -0.25) is 0 Å². The number of halogens is 2. The van der Waals surface area contributed by atoms with Crippen LogP contribution in [0, 0.1) is 11.6 Å². The summed E-state index contributed by atoms with van der Waals surface area (Å²) in [6.45, 7) is 8.17. The molecule has 0 unspecified atom stereocenters. The number of aromatic nitrogens is 1. The second-order valence-corrected chi connectivity index (χ2v) is 7.89. The molecule has 1 aliphatic heterocycles. The normalized spacial score (nSPS) is 15.9. The molecule has 2 heterocycles. The van der Waals surface area contributed by atoms with Gasteiger partial charge in [-0.15, -0.1) is 0 Å². The summed E-state index contributed by atoms with van der Waals surface area (Å²) in [6.07, 6.45) is 0. The van der Waals surface area contributed by atoms with Gasteiger partial charge in [0.2, 0.25) is 0 Å². The SMILES string of the molecule is CC(C)(C)NC(=O)N1CCN(c2nc3c(F)cc(F)cc3s2)CC1. The molecule has 1 fully saturated rings. The van der Waals surface area contributed by atoms with Crippen LogP contribution in [0.3, 0.4) is 0 Å². The Labute approximate surface area is 143 Å². The third-order valence-electron chi connectivity index (χ3n) is 3.72. The van der Waals surface area contributed by atoms with Gasteiger partial charge in [0.05, 0.1) is 4.70 Å². The summed E-state index contributed by atoms with van der Waals surface area (Å²) in [4.78, 5) is 20.2. The number of carbonyl (C=O) groups is 1. The van der Waals surface area contributed by atoms with Crippen LogP contribution in [0.5, 0.6) is 0 Å². The molecule has 1 N–H and O–H groups in total. The average molecular weight is 354 g/mol. The van der Waals surface area contributed by atoms with Crippen molar-refractivity contribution in [1.82, 2.24) is 15.2 Å². The van der Waals surface area contributed by atoms with Crippen LogP contribution < -0.4 is 10.2 Å². The van der Waals surface area contributed by atoms with Crippen LogP contribution >= 0.6 is 11.3 Å². The molecule has 3 rings (SSSR count). The first-order valence-corrected chi connectivity index (χ1v) is 8.62. The van der Waals surface area contributed by atoms with Crippen LogP contribution in [-0.2, 0) is 0 Å². The van der Waals surface area contributed by atoms with Crippen molar-refractivity contribution in [3.8, 4) is 0 Å². The lowest BCUT2D eigenvalue weighted by Crippen LogP contribution is -2.55. The number of thiazole rings is 1. The van der Waals surface area contributed by atoms with Crippen molar-refractivity contribution >= 4 is 32.7 Å². The average Bonchev–Trinajstić information content (AvgIpc) is 2.90. The number of hydrogen-bond acceptors (Lipinski definition) is 4. The number of amides is 2. The van der Waals surface area contributed by atoms with Gasteiger partial charge in [0.25, 0.3) is 0 Å². The number of carbonyl (C=O) groups excluding carboxylic acids is 1. The number of rotatable bonds is 1. The predicted molar refractivity (Wildman–Crippen MR) is 91.6 cm³/mol. The molecule has 1 aliphatic rings. The fourth-order valence-corrected chi connectivity index (χ4v) is 3.64. The van der Waals surface area contributed by atoms with Gasteiger partial charge in [-0.05, 0) is 26.8 Å². The maximum Gasteiger partial charge on any atom is 0.317 e. The van der Waals surface area contributed by atoms with Gasteiger partial charge in [0, 0.05) is 37.8 Å². The molecule has 8 heteroatoms. The first kappa shape index (κ1) is 16.9. The summed E-state index contributed by atoms with van der Waals surface area (Å²) in [6, 6.07) is 2.06. The Morgan fingerprint density at radius 2 is 1.88 bits per heavy atom. The smallest absolute Gasteiger partial charge is 0.317 e. The molecule has 1 aromatic carbocycles. The van der Waals surface area contributed by atoms with Crippen molar-refractivity contribution in [2.45, 2.75) is 26.3 Å². The highest BCUT2D eigenvalue weighted by Crippen LogP contribution is 2.31. The monoisotopic (exact) mass is 354 g/mol. The zero-order chi connectivity index (χ0) is 17.5. The number of nitrogens with one attached hydrogen (secondary N) is 1. The van der Waals surface area contributed by atoms with Gasteiger partial charge in [-0.1, -0.05) is 11.3 Å². The van der Waals surface area contributed by atoms with Crippen molar-refractivity contribution in [2.24, 2.45) is 0 Å². The topological polar surface area (TPSA) is 48.5 Å². The molecule has 0 aliphatic carbocycles. The Bertz CT molecular complexity index is 763. The fourth-order valence-electron chi connectivity index (χ4n) is 2.58. The highest BCUT2D eigenvalue weighted by atomic mass is 32.1. The number of anilines is 1. The number of piperazine rings is 1. The Morgan fingerprint density at radius 1 is 1.21 bits per heavy atom. The van der Waals surface area contributed by atoms with Crippen LogP contribution in [0.25, 0.3) is 10.2 Å². The van der Waals surface area contributed by atoms with Crippen molar-refractivity contribution < 1.29 is 13.6 Å². The van der Waals surface area contributed by atoms with Gasteiger partial charge in [-0.25, -0.2) is 18.6 Å². The summed E-state index contributed by atoms with van der Waals surface area (Å²) in [5.41, 5.74) is -0.0765. The van der Waals surface area contributed by atoms with Crippen molar-refractivity contribution in [3.63, 3.8) is 0 Å². The Morgan fingerprint density at radius 3 is 2.50 bits per heavy atom. The molecule has 5 nitrogen and oxygen atoms in total. The second kappa shape index (κ2) is 6.16. The molecule has 24 heavy (non-hydrogen) atoms. The van der Waals surface area contributed by atoms with Gasteiger partial charge in [-0.2, -0.15) is 0 Å². The first-order valence-electron chi connectivity index (χ1n) is 7.80. The standard InChI is InChI=1S/C16H20F2N4OS/c1-16(2,3)20-14(23)21-4-6-22(7-5-21)15-19-13-11(18)8-10(17)9-12(13)24-15/h8-9H,4-7H2,1-3H3,(H,20,23). The molecule has 2 amide bonds. The van der Waals surface area contributed by atoms with E-state index >= 15 is 0 Å². The Hall–Kier alpha value is -1.96. The third kappa shape index (κ3) is 3.58. The lowest BCUT2D eigenvalue weighted by atomic mass is 10.1. The summed E-state index contributed by atoms with van der Waals surface area (Å²) in [7, 11) is 0. The second-order valence-electron chi connectivity index (χ2n) is 6.89. The lowest BCUT2D eigenvalue weighted by molar-refractivity contribution is 0.185. The summed E-state index contributed by atoms with van der Waals surface area (Å²) < 4.78 is 27.6. The van der Waals surface area contributed by atoms with E-state index < -0.39 is 11.6 Å². The minimum atomic E-state index is -0.643. The molecule has 1 aromatic heterocycles. The molecule has 0 radical (unpaired) electrons. The van der Waals surface area contributed by atoms with Crippen LogP contribution in [0.1, 0.15) is 20.8 Å². The van der Waals surface area contributed by atoms with E-state index in [1.807, 2.05) is 25.7 Å². The zero-order valence-corrected chi connectivity index (χ0v) is 14.7. The molecular weight excluding hydrogens is 334 g/mol. The number of fused-ring (bicyclic) bond motifs is 1. The molecule has 130 valence electrons.